The Kier molecular flexibility index (Phi) is 2.56. The summed E-state index contributed by atoms with van der Waals surface area (Å²) in [7, 11) is 0. The van der Waals surface area contributed by atoms with Gasteiger partial charge in [0.05, 0.1) is 10.6 Å². The van der Waals surface area contributed by atoms with Gasteiger partial charge in [0, 0.05) is 10.4 Å². The summed E-state index contributed by atoms with van der Waals surface area (Å²) in [4.78, 5) is 5.46. The summed E-state index contributed by atoms with van der Waals surface area (Å²) >= 11 is 3.32. The smallest absolute Gasteiger partial charge is 0.126 e. The van der Waals surface area contributed by atoms with Crippen LogP contribution in [0.15, 0.2) is 41.1 Å². The van der Waals surface area contributed by atoms with Gasteiger partial charge >= 0.3 is 0 Å². The Hall–Kier alpha value is -1.83. The van der Waals surface area contributed by atoms with Crippen LogP contribution in [0.25, 0.3) is 21.0 Å². The molecule has 0 radical (unpaired) electrons. The number of hydrogen-bond acceptors (Lipinski definition) is 3. The fourth-order valence-electron chi connectivity index (χ4n) is 1.73. The Labute approximate surface area is 107 Å². The number of H-pyrrole nitrogens is 1. The Balaban J connectivity index is 2.15. The summed E-state index contributed by atoms with van der Waals surface area (Å²) < 4.78 is 0. The highest BCUT2D eigenvalue weighted by atomic mass is 32.1. The van der Waals surface area contributed by atoms with E-state index in [2.05, 4.69) is 23.2 Å². The zero-order valence-electron chi connectivity index (χ0n) is 8.81. The van der Waals surface area contributed by atoms with Gasteiger partial charge in [-0.05, 0) is 29.0 Å². The molecule has 3 aromatic rings. The highest BCUT2D eigenvalue weighted by molar-refractivity contribution is 7.14. The lowest BCUT2D eigenvalue weighted by Gasteiger charge is -1.90. The maximum absolute atomic E-state index is 9.15. The number of nitrogens with one attached hydrogen (secondary N) is 1. The van der Waals surface area contributed by atoms with Crippen LogP contribution in [0, 0.1) is 11.3 Å². The van der Waals surface area contributed by atoms with Gasteiger partial charge in [-0.2, -0.15) is 5.26 Å². The Morgan fingerprint density at radius 1 is 1.06 bits per heavy atom. The maximum Gasteiger partial charge on any atom is 0.126 e. The molecule has 0 fully saturated rings. The lowest BCUT2D eigenvalue weighted by Crippen LogP contribution is -1.76. The van der Waals surface area contributed by atoms with Crippen LogP contribution >= 0.6 is 22.7 Å². The van der Waals surface area contributed by atoms with E-state index in [9.17, 15) is 0 Å². The van der Waals surface area contributed by atoms with E-state index >= 15 is 0 Å². The van der Waals surface area contributed by atoms with Crippen LogP contribution in [-0.2, 0) is 0 Å². The molecule has 1 N–H and O–H groups in total. The minimum absolute atomic E-state index is 0.635. The van der Waals surface area contributed by atoms with Crippen molar-refractivity contribution in [2.75, 3.05) is 0 Å². The summed E-state index contributed by atoms with van der Waals surface area (Å²) in [6.07, 6.45) is 0. The first-order valence-electron chi connectivity index (χ1n) is 5.09. The number of nitriles is 1. The molecule has 0 atom stereocenters. The largest absolute Gasteiger partial charge is 0.345 e. The third-order valence-corrected chi connectivity index (χ3v) is 4.31. The number of aromatic nitrogens is 1. The van der Waals surface area contributed by atoms with Crippen molar-refractivity contribution < 1.29 is 0 Å². The van der Waals surface area contributed by atoms with E-state index in [0.29, 0.717) is 5.69 Å². The van der Waals surface area contributed by atoms with Gasteiger partial charge in [-0.1, -0.05) is 12.1 Å². The maximum atomic E-state index is 9.15. The van der Waals surface area contributed by atoms with E-state index in [1.165, 1.54) is 0 Å². The van der Waals surface area contributed by atoms with E-state index in [1.54, 1.807) is 22.7 Å². The van der Waals surface area contributed by atoms with Crippen LogP contribution in [0.4, 0.5) is 0 Å². The van der Waals surface area contributed by atoms with Crippen LogP contribution < -0.4 is 0 Å². The second-order valence-electron chi connectivity index (χ2n) is 3.54. The predicted molar refractivity (Wildman–Crippen MR) is 72.1 cm³/mol. The van der Waals surface area contributed by atoms with Crippen LogP contribution in [0.1, 0.15) is 5.69 Å². The summed E-state index contributed by atoms with van der Waals surface area (Å²) in [6, 6.07) is 12.4. The molecule has 3 aromatic heterocycles. The molecule has 0 saturated carbocycles. The summed E-state index contributed by atoms with van der Waals surface area (Å²) in [5.41, 5.74) is 2.64. The molecule has 0 aliphatic heterocycles. The van der Waals surface area contributed by atoms with Crippen molar-refractivity contribution in [1.82, 2.24) is 4.98 Å². The number of hydrogen-bond donors (Lipinski definition) is 1. The zero-order chi connectivity index (χ0) is 11.7. The van der Waals surface area contributed by atoms with E-state index in [4.69, 9.17) is 5.26 Å². The van der Waals surface area contributed by atoms with Crippen molar-refractivity contribution in [3.05, 3.63) is 46.8 Å². The number of nitrogens with zero attached hydrogens (tertiary/aromatic N) is 1. The lowest BCUT2D eigenvalue weighted by atomic mass is 10.2. The molecule has 3 heterocycles. The van der Waals surface area contributed by atoms with E-state index in [1.807, 2.05) is 29.0 Å². The first-order chi connectivity index (χ1) is 8.38. The van der Waals surface area contributed by atoms with Crippen LogP contribution in [0.2, 0.25) is 0 Å². The van der Waals surface area contributed by atoms with Gasteiger partial charge in [-0.25, -0.2) is 0 Å². The standard InChI is InChI=1S/C13H8N2S2/c14-8-11-9(12-3-1-5-16-12)7-10(15-11)13-4-2-6-17-13/h1-7,15H. The topological polar surface area (TPSA) is 39.6 Å². The van der Waals surface area contributed by atoms with E-state index < -0.39 is 0 Å². The molecule has 0 unspecified atom stereocenters. The normalized spacial score (nSPS) is 10.3. The second kappa shape index (κ2) is 4.21. The third kappa shape index (κ3) is 1.80. The molecule has 82 valence electrons. The van der Waals surface area contributed by atoms with Gasteiger partial charge < -0.3 is 4.98 Å². The number of thiophene rings is 2. The molecule has 0 saturated heterocycles. The molecule has 0 bridgehead atoms. The van der Waals surface area contributed by atoms with Crippen molar-refractivity contribution in [3.63, 3.8) is 0 Å². The molecule has 3 rings (SSSR count). The quantitative estimate of drug-likeness (QED) is 0.727. The molecule has 0 aliphatic carbocycles. The Bertz CT molecular complexity index is 655. The Morgan fingerprint density at radius 3 is 2.35 bits per heavy atom. The third-order valence-electron chi connectivity index (χ3n) is 2.50. The monoisotopic (exact) mass is 256 g/mol. The van der Waals surface area contributed by atoms with Gasteiger partial charge in [0.25, 0.3) is 0 Å². The van der Waals surface area contributed by atoms with Gasteiger partial charge in [-0.3, -0.25) is 0 Å². The fourth-order valence-corrected chi connectivity index (χ4v) is 3.18. The molecule has 17 heavy (non-hydrogen) atoms. The Morgan fingerprint density at radius 2 is 1.76 bits per heavy atom. The molecule has 0 spiro atoms. The second-order valence-corrected chi connectivity index (χ2v) is 5.43. The molecule has 0 aliphatic rings. The average Bonchev–Trinajstić information content (AvgIpc) is 3.09. The van der Waals surface area contributed by atoms with E-state index in [0.717, 1.165) is 21.0 Å². The van der Waals surface area contributed by atoms with E-state index in [-0.39, 0.29) is 0 Å². The highest BCUT2D eigenvalue weighted by Gasteiger charge is 2.12. The van der Waals surface area contributed by atoms with Crippen LogP contribution in [0.5, 0.6) is 0 Å². The SMILES string of the molecule is N#Cc1[nH]c(-c2cccs2)cc1-c1cccs1. The molecule has 0 amide bonds. The van der Waals surface area contributed by atoms with Crippen molar-refractivity contribution >= 4 is 22.7 Å². The predicted octanol–water partition coefficient (Wildman–Crippen LogP) is 4.34. The van der Waals surface area contributed by atoms with Gasteiger partial charge in [0.15, 0.2) is 0 Å². The summed E-state index contributed by atoms with van der Waals surface area (Å²) in [5, 5.41) is 13.2. The molecule has 4 heteroatoms. The van der Waals surface area contributed by atoms with Gasteiger partial charge in [-0.15, -0.1) is 22.7 Å². The average molecular weight is 256 g/mol. The van der Waals surface area contributed by atoms with Crippen molar-refractivity contribution in [2.24, 2.45) is 0 Å². The van der Waals surface area contributed by atoms with Crippen molar-refractivity contribution in [1.29, 1.82) is 5.26 Å². The minimum Gasteiger partial charge on any atom is -0.345 e. The van der Waals surface area contributed by atoms with Gasteiger partial charge in [0.1, 0.15) is 11.8 Å². The van der Waals surface area contributed by atoms with Crippen molar-refractivity contribution in [3.8, 4) is 27.1 Å². The molecule has 2 nitrogen and oxygen atoms in total. The lowest BCUT2D eigenvalue weighted by molar-refractivity contribution is 1.34. The number of rotatable bonds is 2. The zero-order valence-corrected chi connectivity index (χ0v) is 10.4. The van der Waals surface area contributed by atoms with Crippen molar-refractivity contribution in [2.45, 2.75) is 0 Å². The van der Waals surface area contributed by atoms with Gasteiger partial charge in [0.2, 0.25) is 0 Å². The first kappa shape index (κ1) is 10.3. The number of aromatic amines is 1. The molecular formula is C13H8N2S2. The highest BCUT2D eigenvalue weighted by Crippen LogP contribution is 2.33. The first-order valence-corrected chi connectivity index (χ1v) is 6.85. The minimum atomic E-state index is 0.635. The summed E-state index contributed by atoms with van der Waals surface area (Å²) in [6.45, 7) is 0. The molecule has 0 aromatic carbocycles. The fraction of sp³-hybridized carbons (Fsp3) is 0. The summed E-state index contributed by atoms with van der Waals surface area (Å²) in [5.74, 6) is 0. The van der Waals surface area contributed by atoms with Crippen LogP contribution in [-0.4, -0.2) is 4.98 Å². The molecular weight excluding hydrogens is 248 g/mol. The van der Waals surface area contributed by atoms with Crippen LogP contribution in [0.3, 0.4) is 0 Å².